The van der Waals surface area contributed by atoms with E-state index in [1.807, 2.05) is 6.92 Å². The van der Waals surface area contributed by atoms with Gasteiger partial charge in [-0.2, -0.15) is 0 Å². The van der Waals surface area contributed by atoms with Crippen LogP contribution in [0.5, 0.6) is 0 Å². The van der Waals surface area contributed by atoms with E-state index in [1.165, 1.54) is 25.7 Å². The van der Waals surface area contributed by atoms with Gasteiger partial charge in [0, 0.05) is 6.54 Å². The third-order valence-corrected chi connectivity index (χ3v) is 3.50. The smallest absolute Gasteiger partial charge is 0.315 e. The van der Waals surface area contributed by atoms with E-state index in [2.05, 4.69) is 41.6 Å². The van der Waals surface area contributed by atoms with Gasteiger partial charge in [-0.1, -0.05) is 51.6 Å². The van der Waals surface area contributed by atoms with Gasteiger partial charge in [-0.05, 0) is 32.2 Å². The number of nitrogens with one attached hydrogen (secondary N) is 2. The lowest BCUT2D eigenvalue weighted by Gasteiger charge is -2.07. The monoisotopic (exact) mass is 296 g/mol. The molecule has 0 aliphatic heterocycles. The number of rotatable bonds is 12. The maximum Gasteiger partial charge on any atom is 0.315 e. The fourth-order valence-corrected chi connectivity index (χ4v) is 2.16. The van der Waals surface area contributed by atoms with Crippen LogP contribution in [0.3, 0.4) is 0 Å². The summed E-state index contributed by atoms with van der Waals surface area (Å²) in [5.74, 6) is 1.48. The maximum atomic E-state index is 5.61. The van der Waals surface area contributed by atoms with Gasteiger partial charge in [-0.15, -0.1) is 5.10 Å². The Kier molecular flexibility index (Phi) is 9.06. The molecule has 1 atom stereocenters. The molecule has 1 aromatic heterocycles. The van der Waals surface area contributed by atoms with Gasteiger partial charge in [-0.3, -0.25) is 0 Å². The van der Waals surface area contributed by atoms with Crippen molar-refractivity contribution in [3.8, 4) is 0 Å². The predicted molar refractivity (Wildman–Crippen MR) is 87.4 cm³/mol. The summed E-state index contributed by atoms with van der Waals surface area (Å²) in [5.41, 5.74) is 0. The molecule has 0 saturated heterocycles. The zero-order valence-electron chi connectivity index (χ0n) is 14.1. The van der Waals surface area contributed by atoms with E-state index in [-0.39, 0.29) is 6.04 Å². The zero-order chi connectivity index (χ0) is 15.5. The van der Waals surface area contributed by atoms with Crippen LogP contribution in [-0.4, -0.2) is 23.3 Å². The molecule has 1 rings (SSSR count). The standard InChI is InChI=1S/C16H32N4O/c1-5-11-17-14(4)15-19-20-16(21-15)18-12-9-7-6-8-10-13(2)3/h13-14,17H,5-12H2,1-4H3,(H,18,20). The molecular weight excluding hydrogens is 264 g/mol. The van der Waals surface area contributed by atoms with Crippen molar-refractivity contribution in [2.24, 2.45) is 5.92 Å². The van der Waals surface area contributed by atoms with E-state index in [0.717, 1.165) is 31.8 Å². The van der Waals surface area contributed by atoms with Crippen LogP contribution < -0.4 is 10.6 Å². The van der Waals surface area contributed by atoms with Crippen LogP contribution in [0.4, 0.5) is 6.01 Å². The fourth-order valence-electron chi connectivity index (χ4n) is 2.16. The van der Waals surface area contributed by atoms with E-state index in [1.54, 1.807) is 0 Å². The first-order chi connectivity index (χ1) is 10.1. The second-order valence-electron chi connectivity index (χ2n) is 6.14. The summed E-state index contributed by atoms with van der Waals surface area (Å²) in [6, 6.07) is 0.654. The molecule has 0 radical (unpaired) electrons. The number of unbranched alkanes of at least 4 members (excludes halogenated alkanes) is 3. The molecule has 0 fully saturated rings. The van der Waals surface area contributed by atoms with Gasteiger partial charge in [0.25, 0.3) is 0 Å². The molecule has 1 heterocycles. The number of hydrogen-bond acceptors (Lipinski definition) is 5. The van der Waals surface area contributed by atoms with Crippen molar-refractivity contribution >= 4 is 6.01 Å². The van der Waals surface area contributed by atoms with Crippen molar-refractivity contribution < 1.29 is 4.42 Å². The number of anilines is 1. The largest absolute Gasteiger partial charge is 0.406 e. The molecule has 2 N–H and O–H groups in total. The molecule has 0 aliphatic rings. The van der Waals surface area contributed by atoms with Crippen LogP contribution in [0, 0.1) is 5.92 Å². The Labute approximate surface area is 129 Å². The Hall–Kier alpha value is -1.10. The van der Waals surface area contributed by atoms with Crippen LogP contribution in [0.15, 0.2) is 4.42 Å². The minimum atomic E-state index is 0.115. The van der Waals surface area contributed by atoms with Crippen LogP contribution in [-0.2, 0) is 0 Å². The van der Waals surface area contributed by atoms with Crippen molar-refractivity contribution in [2.75, 3.05) is 18.4 Å². The number of nitrogens with zero attached hydrogens (tertiary/aromatic N) is 2. The zero-order valence-corrected chi connectivity index (χ0v) is 14.1. The first-order valence-corrected chi connectivity index (χ1v) is 8.44. The van der Waals surface area contributed by atoms with Gasteiger partial charge in [0.05, 0.1) is 6.04 Å². The van der Waals surface area contributed by atoms with Crippen molar-refractivity contribution in [3.05, 3.63) is 5.89 Å². The van der Waals surface area contributed by atoms with Crippen LogP contribution in [0.1, 0.15) is 78.2 Å². The molecule has 5 heteroatoms. The number of hydrogen-bond donors (Lipinski definition) is 2. The normalized spacial score (nSPS) is 12.8. The quantitative estimate of drug-likeness (QED) is 0.567. The molecule has 1 unspecified atom stereocenters. The van der Waals surface area contributed by atoms with E-state index in [0.29, 0.717) is 11.9 Å². The van der Waals surface area contributed by atoms with Gasteiger partial charge in [-0.25, -0.2) is 0 Å². The summed E-state index contributed by atoms with van der Waals surface area (Å²) in [5, 5.41) is 14.7. The number of aromatic nitrogens is 2. The molecule has 0 aliphatic carbocycles. The minimum absolute atomic E-state index is 0.115. The maximum absolute atomic E-state index is 5.61. The highest BCUT2D eigenvalue weighted by molar-refractivity contribution is 5.16. The molecule has 1 aromatic rings. The van der Waals surface area contributed by atoms with Crippen molar-refractivity contribution in [2.45, 2.75) is 72.3 Å². The Morgan fingerprint density at radius 1 is 1.00 bits per heavy atom. The molecule has 0 bridgehead atoms. The first kappa shape index (κ1) is 18.0. The molecule has 0 amide bonds. The predicted octanol–water partition coefficient (Wildman–Crippen LogP) is 4.15. The Morgan fingerprint density at radius 2 is 1.76 bits per heavy atom. The van der Waals surface area contributed by atoms with E-state index in [4.69, 9.17) is 4.42 Å². The van der Waals surface area contributed by atoms with Gasteiger partial charge >= 0.3 is 6.01 Å². The van der Waals surface area contributed by atoms with Gasteiger partial charge in [0.1, 0.15) is 0 Å². The minimum Gasteiger partial charge on any atom is -0.406 e. The lowest BCUT2D eigenvalue weighted by molar-refractivity contribution is 0.422. The summed E-state index contributed by atoms with van der Waals surface area (Å²) < 4.78 is 5.61. The SMILES string of the molecule is CCCNC(C)c1nnc(NCCCCCCC(C)C)o1. The summed E-state index contributed by atoms with van der Waals surface area (Å²) in [6.45, 7) is 10.6. The molecule has 0 spiro atoms. The highest BCUT2D eigenvalue weighted by atomic mass is 16.4. The summed E-state index contributed by atoms with van der Waals surface area (Å²) >= 11 is 0. The van der Waals surface area contributed by atoms with Crippen molar-refractivity contribution in [3.63, 3.8) is 0 Å². The average Bonchev–Trinajstić information content (AvgIpc) is 2.92. The molecule has 122 valence electrons. The van der Waals surface area contributed by atoms with E-state index < -0.39 is 0 Å². The molecule has 21 heavy (non-hydrogen) atoms. The summed E-state index contributed by atoms with van der Waals surface area (Å²) in [7, 11) is 0. The molecule has 5 nitrogen and oxygen atoms in total. The topological polar surface area (TPSA) is 63.0 Å². The Morgan fingerprint density at radius 3 is 2.48 bits per heavy atom. The second-order valence-corrected chi connectivity index (χ2v) is 6.14. The van der Waals surface area contributed by atoms with Gasteiger partial charge < -0.3 is 15.1 Å². The average molecular weight is 296 g/mol. The van der Waals surface area contributed by atoms with Crippen LogP contribution >= 0.6 is 0 Å². The molecule has 0 saturated carbocycles. The summed E-state index contributed by atoms with van der Waals surface area (Å²) in [6.07, 6.45) is 7.49. The van der Waals surface area contributed by atoms with Crippen LogP contribution in [0.25, 0.3) is 0 Å². The lowest BCUT2D eigenvalue weighted by atomic mass is 10.0. The second kappa shape index (κ2) is 10.6. The van der Waals surface area contributed by atoms with Crippen molar-refractivity contribution in [1.29, 1.82) is 0 Å². The van der Waals surface area contributed by atoms with Crippen molar-refractivity contribution in [1.82, 2.24) is 15.5 Å². The third-order valence-electron chi connectivity index (χ3n) is 3.50. The highest BCUT2D eigenvalue weighted by Crippen LogP contribution is 2.14. The third kappa shape index (κ3) is 8.05. The highest BCUT2D eigenvalue weighted by Gasteiger charge is 2.12. The lowest BCUT2D eigenvalue weighted by Crippen LogP contribution is -2.19. The van der Waals surface area contributed by atoms with E-state index in [9.17, 15) is 0 Å². The van der Waals surface area contributed by atoms with E-state index >= 15 is 0 Å². The van der Waals surface area contributed by atoms with Gasteiger partial charge in [0.15, 0.2) is 0 Å². The first-order valence-electron chi connectivity index (χ1n) is 8.44. The fraction of sp³-hybridized carbons (Fsp3) is 0.875. The Balaban J connectivity index is 2.11. The van der Waals surface area contributed by atoms with Gasteiger partial charge in [0.2, 0.25) is 5.89 Å². The van der Waals surface area contributed by atoms with Crippen LogP contribution in [0.2, 0.25) is 0 Å². The summed E-state index contributed by atoms with van der Waals surface area (Å²) in [4.78, 5) is 0. The molecule has 0 aromatic carbocycles. The Bertz CT molecular complexity index is 365. The molecular formula is C16H32N4O.